The minimum Gasteiger partial charge on any atom is -0.386 e. The van der Waals surface area contributed by atoms with Gasteiger partial charge in [-0.25, -0.2) is 10.0 Å². The van der Waals surface area contributed by atoms with E-state index in [1.807, 2.05) is 6.92 Å². The summed E-state index contributed by atoms with van der Waals surface area (Å²) in [5.41, 5.74) is 6.79. The Morgan fingerprint density at radius 1 is 1.32 bits per heavy atom. The Kier molecular flexibility index (Phi) is 3.66. The first-order chi connectivity index (χ1) is 10.3. The van der Waals surface area contributed by atoms with E-state index in [2.05, 4.69) is 22.6 Å². The molecule has 0 fully saturated rings. The number of allylic oxidation sites excluding steroid dienone is 1. The van der Waals surface area contributed by atoms with Crippen LogP contribution in [0.1, 0.15) is 6.92 Å². The molecule has 0 amide bonds. The molecular formula is C14H20N6O2. The second-order valence-electron chi connectivity index (χ2n) is 5.64. The second kappa shape index (κ2) is 4.96. The number of nitrogens with one attached hydrogen (secondary N) is 1. The van der Waals surface area contributed by atoms with E-state index < -0.39 is 16.7 Å². The zero-order valence-electron chi connectivity index (χ0n) is 13.3. The first-order valence-corrected chi connectivity index (χ1v) is 6.76. The predicted molar refractivity (Wildman–Crippen MR) is 78.5 cm³/mol. The van der Waals surface area contributed by atoms with Crippen molar-refractivity contribution in [3.05, 3.63) is 11.8 Å². The van der Waals surface area contributed by atoms with Crippen molar-refractivity contribution >= 4 is 5.84 Å². The molecule has 0 saturated heterocycles. The van der Waals surface area contributed by atoms with E-state index in [0.29, 0.717) is 5.70 Å². The van der Waals surface area contributed by atoms with Gasteiger partial charge < -0.3 is 20.6 Å². The Bertz CT molecular complexity index is 624. The summed E-state index contributed by atoms with van der Waals surface area (Å²) in [4.78, 5) is 4.24. The van der Waals surface area contributed by atoms with Crippen LogP contribution in [0.15, 0.2) is 16.8 Å². The zero-order chi connectivity index (χ0) is 16.8. The molecule has 2 rings (SSSR count). The molecule has 1 heterocycles. The number of aliphatic imine (C=N–C) groups is 1. The number of fused-ring (bicyclic) bond motifs is 1. The molecule has 0 saturated carbocycles. The lowest BCUT2D eigenvalue weighted by Crippen LogP contribution is -2.58. The van der Waals surface area contributed by atoms with Gasteiger partial charge in [-0.05, 0) is 0 Å². The second-order valence-corrected chi connectivity index (χ2v) is 5.64. The van der Waals surface area contributed by atoms with E-state index in [0.717, 1.165) is 0 Å². The monoisotopic (exact) mass is 304 g/mol. The van der Waals surface area contributed by atoms with Crippen LogP contribution in [0.2, 0.25) is 0 Å². The molecule has 0 aromatic rings. The quantitative estimate of drug-likeness (QED) is 0.550. The molecule has 8 nitrogen and oxygen atoms in total. The van der Waals surface area contributed by atoms with Gasteiger partial charge in [0.15, 0.2) is 10.8 Å². The molecule has 0 aromatic heterocycles. The first kappa shape index (κ1) is 16.2. The summed E-state index contributed by atoms with van der Waals surface area (Å²) in [5, 5.41) is 21.6. The van der Waals surface area contributed by atoms with Crippen molar-refractivity contribution in [2.45, 2.75) is 12.8 Å². The summed E-state index contributed by atoms with van der Waals surface area (Å²) < 4.78 is 10.9. The number of ether oxygens (including phenoxy) is 2. The van der Waals surface area contributed by atoms with Gasteiger partial charge >= 0.3 is 0 Å². The third-order valence-corrected chi connectivity index (χ3v) is 4.49. The maximum atomic E-state index is 10.00. The molecule has 0 spiro atoms. The molecule has 0 radical (unpaired) electrons. The largest absolute Gasteiger partial charge is 0.386 e. The molecule has 0 aromatic carbocycles. The summed E-state index contributed by atoms with van der Waals surface area (Å²) in [5.74, 6) is -2.00. The Morgan fingerprint density at radius 3 is 2.32 bits per heavy atom. The lowest BCUT2D eigenvalue weighted by atomic mass is 9.61. The van der Waals surface area contributed by atoms with Crippen molar-refractivity contribution < 1.29 is 9.47 Å². The minimum absolute atomic E-state index is 0.00481. The van der Waals surface area contributed by atoms with Gasteiger partial charge in [0.05, 0.1) is 17.8 Å². The lowest BCUT2D eigenvalue weighted by Gasteiger charge is -2.42. The third-order valence-electron chi connectivity index (χ3n) is 4.49. The van der Waals surface area contributed by atoms with E-state index >= 15 is 0 Å². The number of hydrogen-bond donors (Lipinski definition) is 2. The van der Waals surface area contributed by atoms with Crippen LogP contribution >= 0.6 is 0 Å². The van der Waals surface area contributed by atoms with Crippen LogP contribution in [0.5, 0.6) is 0 Å². The van der Waals surface area contributed by atoms with Gasteiger partial charge in [-0.2, -0.15) is 10.5 Å². The highest BCUT2D eigenvalue weighted by Gasteiger charge is 2.79. The van der Waals surface area contributed by atoms with Gasteiger partial charge in [0.1, 0.15) is 5.84 Å². The molecular weight excluding hydrogens is 284 g/mol. The summed E-state index contributed by atoms with van der Waals surface area (Å²) in [6, 6.07) is 4.42. The van der Waals surface area contributed by atoms with Crippen LogP contribution in [0, 0.1) is 39.4 Å². The van der Waals surface area contributed by atoms with Crippen LogP contribution in [-0.2, 0) is 9.47 Å². The van der Waals surface area contributed by atoms with E-state index in [1.165, 1.54) is 14.2 Å². The highest BCUT2D eigenvalue weighted by molar-refractivity contribution is 5.97. The van der Waals surface area contributed by atoms with E-state index in [9.17, 15) is 10.5 Å². The highest BCUT2D eigenvalue weighted by atomic mass is 16.7. The van der Waals surface area contributed by atoms with Crippen molar-refractivity contribution in [1.82, 2.24) is 10.4 Å². The number of rotatable bonds is 4. The minimum atomic E-state index is -1.63. The first-order valence-electron chi connectivity index (χ1n) is 6.76. The fourth-order valence-electron chi connectivity index (χ4n) is 3.57. The van der Waals surface area contributed by atoms with Crippen LogP contribution < -0.4 is 11.2 Å². The maximum Gasteiger partial charge on any atom is 0.293 e. The molecule has 8 heteroatoms. The maximum absolute atomic E-state index is 10.00. The summed E-state index contributed by atoms with van der Waals surface area (Å²) in [6.45, 7) is 1.82. The number of nitrogens with zero attached hydrogens (tertiary/aromatic N) is 4. The fraction of sp³-hybridized carbons (Fsp3) is 0.643. The normalized spacial score (nSPS) is 35.4. The molecule has 22 heavy (non-hydrogen) atoms. The number of nitriles is 2. The number of hydrogen-bond acceptors (Lipinski definition) is 8. The van der Waals surface area contributed by atoms with Gasteiger partial charge in [0, 0.05) is 34.2 Å². The van der Waals surface area contributed by atoms with Gasteiger partial charge in [-0.15, -0.1) is 0 Å². The van der Waals surface area contributed by atoms with Gasteiger partial charge in [-0.3, -0.25) is 0 Å². The van der Waals surface area contributed by atoms with Crippen molar-refractivity contribution in [3.8, 4) is 12.1 Å². The number of nitrogens with two attached hydrogens (primary N) is 1. The number of amidine groups is 1. The van der Waals surface area contributed by atoms with E-state index in [-0.39, 0.29) is 11.8 Å². The molecule has 3 N–H and O–H groups in total. The summed E-state index contributed by atoms with van der Waals surface area (Å²) >= 11 is 0. The molecule has 1 aliphatic carbocycles. The summed E-state index contributed by atoms with van der Waals surface area (Å²) in [6.07, 6.45) is 1.81. The van der Waals surface area contributed by atoms with Crippen LogP contribution in [-0.4, -0.2) is 45.1 Å². The average molecular weight is 304 g/mol. The van der Waals surface area contributed by atoms with Gasteiger partial charge in [-0.1, -0.05) is 13.0 Å². The topological polar surface area (TPSA) is 120 Å². The summed E-state index contributed by atoms with van der Waals surface area (Å²) in [7, 11) is 6.34. The smallest absolute Gasteiger partial charge is 0.293 e. The Balaban J connectivity index is 2.78. The molecule has 0 unspecified atom stereocenters. The average Bonchev–Trinajstić information content (AvgIpc) is 2.86. The zero-order valence-corrected chi connectivity index (χ0v) is 13.3. The van der Waals surface area contributed by atoms with Gasteiger partial charge in [0.25, 0.3) is 5.91 Å². The number of hydrazine groups is 1. The van der Waals surface area contributed by atoms with Crippen LogP contribution in [0.3, 0.4) is 0 Å². The highest BCUT2D eigenvalue weighted by Crippen LogP contribution is 2.65. The predicted octanol–water partition coefficient (Wildman–Crippen LogP) is -0.0764. The van der Waals surface area contributed by atoms with Crippen LogP contribution in [0.25, 0.3) is 0 Å². The molecule has 3 atom stereocenters. The molecule has 1 aliphatic heterocycles. The SMILES string of the molecule is COC1(OC)N=C(N)[C@]2(C#N)C(NN(C)C)=C[C@@H](C)[C@]12C#N. The Morgan fingerprint density at radius 2 is 1.91 bits per heavy atom. The molecule has 118 valence electrons. The Hall–Kier alpha value is -2.13. The van der Waals surface area contributed by atoms with Crippen molar-refractivity contribution in [2.24, 2.45) is 27.5 Å². The van der Waals surface area contributed by atoms with Crippen LogP contribution in [0.4, 0.5) is 0 Å². The van der Waals surface area contributed by atoms with Crippen molar-refractivity contribution in [3.63, 3.8) is 0 Å². The molecule has 0 bridgehead atoms. The standard InChI is InChI=1S/C14H20N6O2/c1-9-6-10(19-20(2)3)12(7-15)11(17)18-14(21-4,22-5)13(9,12)8-16/h6,9,19H,1-5H3,(H2,17,18)/t9-,12+,13+/m1/s1. The molecule has 2 aliphatic rings. The van der Waals surface area contributed by atoms with E-state index in [4.69, 9.17) is 15.2 Å². The van der Waals surface area contributed by atoms with Gasteiger partial charge in [0.2, 0.25) is 0 Å². The van der Waals surface area contributed by atoms with Crippen molar-refractivity contribution in [2.75, 3.05) is 28.3 Å². The van der Waals surface area contributed by atoms with Crippen molar-refractivity contribution in [1.29, 1.82) is 10.5 Å². The fourth-order valence-corrected chi connectivity index (χ4v) is 3.57. The third kappa shape index (κ3) is 1.47. The van der Waals surface area contributed by atoms with E-state index in [1.54, 1.807) is 25.2 Å². The lowest BCUT2D eigenvalue weighted by molar-refractivity contribution is -0.263. The Labute approximate surface area is 129 Å². The number of methoxy groups -OCH3 is 2.